The lowest BCUT2D eigenvalue weighted by molar-refractivity contribution is -0.669. The fourth-order valence-electron chi connectivity index (χ4n) is 1.17. The normalized spacial score (nSPS) is 14.2. The number of halogens is 1. The number of hydrogen-bond donors (Lipinski definition) is 2. The molecule has 0 unspecified atom stereocenters. The first-order chi connectivity index (χ1) is 6.15. The minimum atomic E-state index is -0.453. The third-order valence-electron chi connectivity index (χ3n) is 2.28. The van der Waals surface area contributed by atoms with Crippen LogP contribution in [0.5, 0.6) is 5.75 Å². The number of rotatable bonds is 3. The van der Waals surface area contributed by atoms with Crippen molar-refractivity contribution in [1.29, 1.82) is 0 Å². The van der Waals surface area contributed by atoms with Gasteiger partial charge in [0.15, 0.2) is 0 Å². The van der Waals surface area contributed by atoms with Gasteiger partial charge in [0.1, 0.15) is 12.1 Å². The number of hydrogen-bond acceptors (Lipinski definition) is 1. The van der Waals surface area contributed by atoms with Crippen LogP contribution >= 0.6 is 0 Å². The molecule has 0 saturated carbocycles. The highest BCUT2D eigenvalue weighted by molar-refractivity contribution is 5.27. The molecule has 1 aromatic rings. The van der Waals surface area contributed by atoms with E-state index >= 15 is 0 Å². The van der Waals surface area contributed by atoms with Crippen LogP contribution in [0.25, 0.3) is 0 Å². The number of likely N-dealkylation sites (N-methyl/N-ethyl adjacent to an activating group) is 1. The van der Waals surface area contributed by atoms with Crippen LogP contribution in [0.15, 0.2) is 24.3 Å². The van der Waals surface area contributed by atoms with Gasteiger partial charge in [0.2, 0.25) is 0 Å². The number of quaternary nitrogens is 1. The molecule has 0 aliphatic rings. The zero-order valence-corrected chi connectivity index (χ0v) is 9.12. The molecule has 1 aromatic carbocycles. The Morgan fingerprint density at radius 3 is 2.21 bits per heavy atom. The van der Waals surface area contributed by atoms with Gasteiger partial charge in [-0.15, -0.1) is 0 Å². The molecular weight excluding hydrogens is 202 g/mol. The molecular formula is C10H17ClNO2+. The summed E-state index contributed by atoms with van der Waals surface area (Å²) in [6, 6.07) is 7.14. The van der Waals surface area contributed by atoms with Crippen LogP contribution in [0.2, 0.25) is 0 Å². The highest BCUT2D eigenvalue weighted by Gasteiger charge is 2.17. The van der Waals surface area contributed by atoms with Gasteiger partial charge < -0.3 is 27.9 Å². The molecule has 5 N–H and O–H groups in total. The van der Waals surface area contributed by atoms with Gasteiger partial charge in [-0.1, -0.05) is 0 Å². The largest absolute Gasteiger partial charge is 1.00 e. The van der Waals surface area contributed by atoms with Gasteiger partial charge in [-0.05, 0) is 24.6 Å². The minimum absolute atomic E-state index is 0. The molecule has 3 nitrogen and oxygen atoms in total. The highest BCUT2D eigenvalue weighted by atomic mass is 35.5. The molecule has 0 aliphatic carbocycles. The molecule has 0 amide bonds. The Morgan fingerprint density at radius 1 is 1.29 bits per heavy atom. The van der Waals surface area contributed by atoms with Crippen molar-refractivity contribution in [1.82, 2.24) is 0 Å². The summed E-state index contributed by atoms with van der Waals surface area (Å²) in [7, 11) is 1.94. The highest BCUT2D eigenvalue weighted by Crippen LogP contribution is 2.17. The zero-order valence-electron chi connectivity index (χ0n) is 8.37. The van der Waals surface area contributed by atoms with Gasteiger partial charge >= 0.3 is 0 Å². The SMILES string of the molecule is C[NH2+][C@H](C)[C@@H](O)c1ccc([OH2+])cc1.[Cl-]. The van der Waals surface area contributed by atoms with E-state index < -0.39 is 6.10 Å². The van der Waals surface area contributed by atoms with Crippen LogP contribution < -0.4 is 17.7 Å². The topological polar surface area (TPSA) is 59.7 Å². The van der Waals surface area contributed by atoms with E-state index in [0.29, 0.717) is 5.75 Å². The summed E-state index contributed by atoms with van der Waals surface area (Å²) in [6.07, 6.45) is -0.453. The van der Waals surface area contributed by atoms with E-state index in [1.54, 1.807) is 24.3 Å². The van der Waals surface area contributed by atoms with Crippen LogP contribution in [-0.2, 0) is 0 Å². The van der Waals surface area contributed by atoms with E-state index in [9.17, 15) is 5.11 Å². The molecule has 0 aliphatic heterocycles. The summed E-state index contributed by atoms with van der Waals surface area (Å²) < 4.78 is 0. The summed E-state index contributed by atoms with van der Waals surface area (Å²) in [5.41, 5.74) is 0.876. The monoisotopic (exact) mass is 218 g/mol. The summed E-state index contributed by atoms with van der Waals surface area (Å²) >= 11 is 0. The lowest BCUT2D eigenvalue weighted by Gasteiger charge is -2.15. The number of aliphatic hydroxyl groups excluding tert-OH is 1. The molecule has 1 rings (SSSR count). The van der Waals surface area contributed by atoms with Gasteiger partial charge in [0, 0.05) is 12.1 Å². The maximum atomic E-state index is 9.79. The van der Waals surface area contributed by atoms with Gasteiger partial charge in [0.25, 0.3) is 5.75 Å². The molecule has 0 bridgehead atoms. The minimum Gasteiger partial charge on any atom is -1.00 e. The van der Waals surface area contributed by atoms with Crippen molar-refractivity contribution in [2.24, 2.45) is 0 Å². The van der Waals surface area contributed by atoms with Gasteiger partial charge in [0.05, 0.1) is 7.05 Å². The second kappa shape index (κ2) is 5.86. The first-order valence-corrected chi connectivity index (χ1v) is 4.44. The molecule has 2 atom stereocenters. The summed E-state index contributed by atoms with van der Waals surface area (Å²) in [4.78, 5) is 0. The van der Waals surface area contributed by atoms with Crippen LogP contribution in [0.4, 0.5) is 0 Å². The van der Waals surface area contributed by atoms with Crippen molar-refractivity contribution in [3.63, 3.8) is 0 Å². The Kier molecular flexibility index (Phi) is 5.53. The Morgan fingerprint density at radius 2 is 1.79 bits per heavy atom. The molecule has 80 valence electrons. The third-order valence-corrected chi connectivity index (χ3v) is 2.28. The zero-order chi connectivity index (χ0) is 9.84. The van der Waals surface area contributed by atoms with E-state index in [-0.39, 0.29) is 18.4 Å². The van der Waals surface area contributed by atoms with Gasteiger partial charge in [-0.3, -0.25) is 0 Å². The lowest BCUT2D eigenvalue weighted by atomic mass is 10.0. The van der Waals surface area contributed by atoms with E-state index in [0.717, 1.165) is 5.56 Å². The molecule has 0 heterocycles. The molecule has 0 fully saturated rings. The molecule has 14 heavy (non-hydrogen) atoms. The fourth-order valence-corrected chi connectivity index (χ4v) is 1.17. The van der Waals surface area contributed by atoms with Crippen LogP contribution in [0, 0.1) is 0 Å². The molecule has 4 heteroatoms. The fraction of sp³-hybridized carbons (Fsp3) is 0.400. The van der Waals surface area contributed by atoms with Gasteiger partial charge in [-0.2, -0.15) is 0 Å². The van der Waals surface area contributed by atoms with E-state index in [4.69, 9.17) is 5.11 Å². The van der Waals surface area contributed by atoms with Crippen LogP contribution in [0.3, 0.4) is 0 Å². The predicted octanol–water partition coefficient (Wildman–Crippen LogP) is -3.26. The number of aliphatic hydroxyl groups is 1. The predicted molar refractivity (Wildman–Crippen MR) is 51.8 cm³/mol. The average molecular weight is 219 g/mol. The van der Waals surface area contributed by atoms with Crippen LogP contribution in [0.1, 0.15) is 18.6 Å². The second-order valence-corrected chi connectivity index (χ2v) is 3.26. The van der Waals surface area contributed by atoms with E-state index in [1.165, 1.54) is 0 Å². The smallest absolute Gasteiger partial charge is 0.253 e. The Labute approximate surface area is 90.2 Å². The van der Waals surface area contributed by atoms with Crippen molar-refractivity contribution in [3.8, 4) is 5.75 Å². The maximum Gasteiger partial charge on any atom is 0.253 e. The molecule has 0 spiro atoms. The first kappa shape index (κ1) is 13.2. The standard InChI is InChI=1S/C10H15NO2.ClH/c1-7(11-2)10(13)8-3-5-9(12)6-4-8;/h3-7,10-13H,1-2H3;1H/p+1/t7-,10-;/m1./s1. The summed E-state index contributed by atoms with van der Waals surface area (Å²) in [5, 5.41) is 19.1. The summed E-state index contributed by atoms with van der Waals surface area (Å²) in [6.45, 7) is 1.97. The van der Waals surface area contributed by atoms with Crippen molar-refractivity contribution >= 4 is 0 Å². The third kappa shape index (κ3) is 3.18. The van der Waals surface area contributed by atoms with Crippen molar-refractivity contribution in [2.45, 2.75) is 19.1 Å². The average Bonchev–Trinajstić information content (AvgIpc) is 2.17. The lowest BCUT2D eigenvalue weighted by Crippen LogP contribution is -3.00. The van der Waals surface area contributed by atoms with Crippen molar-refractivity contribution in [3.05, 3.63) is 29.8 Å². The quantitative estimate of drug-likeness (QED) is 0.515. The maximum absolute atomic E-state index is 9.79. The molecule has 0 radical (unpaired) electrons. The van der Waals surface area contributed by atoms with Gasteiger partial charge in [-0.25, -0.2) is 0 Å². The van der Waals surface area contributed by atoms with Crippen molar-refractivity contribution in [2.75, 3.05) is 7.05 Å². The Balaban J connectivity index is 0.00000169. The summed E-state index contributed by atoms with van der Waals surface area (Å²) in [5.74, 6) is 0.476. The number of benzene rings is 1. The van der Waals surface area contributed by atoms with E-state index in [2.05, 4.69) is 0 Å². The molecule has 0 aromatic heterocycles. The number of nitrogens with two attached hydrogens (primary N) is 1. The second-order valence-electron chi connectivity index (χ2n) is 3.26. The first-order valence-electron chi connectivity index (χ1n) is 4.44. The Bertz CT molecular complexity index is 263. The Hall–Kier alpha value is -0.770. The van der Waals surface area contributed by atoms with Crippen LogP contribution in [-0.4, -0.2) is 23.3 Å². The van der Waals surface area contributed by atoms with Crippen molar-refractivity contribution < 1.29 is 27.9 Å². The van der Waals surface area contributed by atoms with E-state index in [1.807, 2.05) is 19.3 Å². The molecule has 0 saturated heterocycles.